The summed E-state index contributed by atoms with van der Waals surface area (Å²) in [6.07, 6.45) is -4.54. The van der Waals surface area contributed by atoms with Gasteiger partial charge in [0.1, 0.15) is 5.82 Å². The summed E-state index contributed by atoms with van der Waals surface area (Å²) in [5.74, 6) is 1.08. The molecular weight excluding hydrogens is 361 g/mol. The van der Waals surface area contributed by atoms with E-state index in [-0.39, 0.29) is 12.2 Å². The highest BCUT2D eigenvalue weighted by Gasteiger charge is 2.33. The monoisotopic (exact) mass is 382 g/mol. The number of urea groups is 1. The second kappa shape index (κ2) is 9.06. The fourth-order valence-corrected chi connectivity index (χ4v) is 2.28. The molecule has 0 fully saturated rings. The van der Waals surface area contributed by atoms with Gasteiger partial charge in [-0.05, 0) is 26.0 Å². The third-order valence-corrected chi connectivity index (χ3v) is 3.39. The summed E-state index contributed by atoms with van der Waals surface area (Å²) in [5.41, 5.74) is -0.423. The molecule has 0 atom stereocenters. The number of benzene rings is 1. The molecule has 1 heterocycles. The molecule has 0 spiro atoms. The summed E-state index contributed by atoms with van der Waals surface area (Å²) in [4.78, 5) is 20.3. The van der Waals surface area contributed by atoms with E-state index >= 15 is 0 Å². The van der Waals surface area contributed by atoms with Gasteiger partial charge >= 0.3 is 12.2 Å². The van der Waals surface area contributed by atoms with Crippen LogP contribution in [0.5, 0.6) is 0 Å². The van der Waals surface area contributed by atoms with Crippen molar-refractivity contribution in [1.29, 1.82) is 0 Å². The molecule has 2 rings (SSSR count). The second-order valence-corrected chi connectivity index (χ2v) is 5.60. The van der Waals surface area contributed by atoms with Gasteiger partial charge in [-0.2, -0.15) is 18.2 Å². The predicted octanol–water partition coefficient (Wildman–Crippen LogP) is 3.47. The van der Waals surface area contributed by atoms with Gasteiger partial charge in [-0.25, -0.2) is 9.78 Å². The van der Waals surface area contributed by atoms with Crippen molar-refractivity contribution in [1.82, 2.24) is 15.3 Å². The van der Waals surface area contributed by atoms with E-state index in [9.17, 15) is 18.0 Å². The molecule has 0 aliphatic heterocycles. The summed E-state index contributed by atoms with van der Waals surface area (Å²) in [6, 6.07) is 5.87. The topological polar surface area (TPSA) is 91.0 Å². The molecule has 4 N–H and O–H groups in total. The Morgan fingerprint density at radius 1 is 1.11 bits per heavy atom. The molecule has 10 heteroatoms. The number of nitrogens with zero attached hydrogens (tertiary/aromatic N) is 2. The van der Waals surface area contributed by atoms with Gasteiger partial charge in [0.2, 0.25) is 5.95 Å². The number of halogens is 3. The minimum atomic E-state index is -4.54. The Bertz CT molecular complexity index is 782. The fraction of sp³-hybridized carbons (Fsp3) is 0.353. The van der Waals surface area contributed by atoms with Crippen molar-refractivity contribution in [3.8, 4) is 0 Å². The molecule has 0 saturated carbocycles. The Morgan fingerprint density at radius 2 is 1.85 bits per heavy atom. The van der Waals surface area contributed by atoms with Gasteiger partial charge in [0, 0.05) is 31.4 Å². The van der Waals surface area contributed by atoms with Gasteiger partial charge in [-0.3, -0.25) is 0 Å². The van der Waals surface area contributed by atoms with Gasteiger partial charge in [0.15, 0.2) is 0 Å². The molecule has 0 aliphatic rings. The molecule has 1 aromatic heterocycles. The molecule has 7 nitrogen and oxygen atoms in total. The lowest BCUT2D eigenvalue weighted by Gasteiger charge is -2.14. The fourth-order valence-electron chi connectivity index (χ4n) is 2.28. The molecule has 0 radical (unpaired) electrons. The first-order chi connectivity index (χ1) is 12.8. The quantitative estimate of drug-likeness (QED) is 0.551. The zero-order chi connectivity index (χ0) is 19.9. The number of carbonyl (C=O) groups excluding carboxylic acids is 1. The Morgan fingerprint density at radius 3 is 2.56 bits per heavy atom. The summed E-state index contributed by atoms with van der Waals surface area (Å²) < 4.78 is 38.7. The van der Waals surface area contributed by atoms with E-state index in [2.05, 4.69) is 31.2 Å². The summed E-state index contributed by atoms with van der Waals surface area (Å²) in [5, 5.41) is 10.7. The number of anilines is 3. The number of rotatable bonds is 7. The average Bonchev–Trinajstić information content (AvgIpc) is 2.58. The van der Waals surface area contributed by atoms with Gasteiger partial charge in [0.25, 0.3) is 0 Å². The van der Waals surface area contributed by atoms with Crippen molar-refractivity contribution < 1.29 is 18.0 Å². The molecule has 146 valence electrons. The van der Waals surface area contributed by atoms with Gasteiger partial charge in [-0.1, -0.05) is 12.1 Å². The van der Waals surface area contributed by atoms with Crippen LogP contribution in [0.1, 0.15) is 18.2 Å². The maximum Gasteiger partial charge on any atom is 0.418 e. The van der Waals surface area contributed by atoms with Gasteiger partial charge in [-0.15, -0.1) is 0 Å². The van der Waals surface area contributed by atoms with Crippen molar-refractivity contribution in [2.45, 2.75) is 20.0 Å². The van der Waals surface area contributed by atoms with Crippen molar-refractivity contribution in [3.05, 3.63) is 41.6 Å². The normalized spacial score (nSPS) is 11.0. The lowest BCUT2D eigenvalue weighted by Crippen LogP contribution is -2.33. The van der Waals surface area contributed by atoms with Gasteiger partial charge < -0.3 is 21.3 Å². The van der Waals surface area contributed by atoms with Crippen LogP contribution in [-0.4, -0.2) is 35.6 Å². The Labute approximate surface area is 154 Å². The molecular formula is C17H21F3N6O. The van der Waals surface area contributed by atoms with E-state index in [1.165, 1.54) is 18.2 Å². The zero-order valence-electron chi connectivity index (χ0n) is 14.9. The first-order valence-corrected chi connectivity index (χ1v) is 8.34. The maximum absolute atomic E-state index is 12.9. The van der Waals surface area contributed by atoms with E-state index < -0.39 is 17.8 Å². The van der Waals surface area contributed by atoms with E-state index in [0.717, 1.165) is 18.3 Å². The SMILES string of the molecule is CCNc1cc(C)nc(NCCNC(=O)Nc2ccccc2C(F)(F)F)n1. The van der Waals surface area contributed by atoms with E-state index in [4.69, 9.17) is 0 Å². The minimum Gasteiger partial charge on any atom is -0.370 e. The van der Waals surface area contributed by atoms with Crippen LogP contribution in [0, 0.1) is 6.92 Å². The zero-order valence-corrected chi connectivity index (χ0v) is 14.9. The van der Waals surface area contributed by atoms with E-state index in [0.29, 0.717) is 18.3 Å². The number of amides is 2. The lowest BCUT2D eigenvalue weighted by atomic mass is 10.1. The molecule has 27 heavy (non-hydrogen) atoms. The first kappa shape index (κ1) is 20.3. The highest BCUT2D eigenvalue weighted by molar-refractivity contribution is 5.90. The molecule has 2 aromatic rings. The average molecular weight is 382 g/mol. The number of hydrogen-bond acceptors (Lipinski definition) is 5. The Balaban J connectivity index is 1.84. The molecule has 0 saturated heterocycles. The van der Waals surface area contributed by atoms with Crippen LogP contribution < -0.4 is 21.3 Å². The minimum absolute atomic E-state index is 0.174. The highest BCUT2D eigenvalue weighted by Crippen LogP contribution is 2.34. The van der Waals surface area contributed by atoms with Crippen LogP contribution >= 0.6 is 0 Å². The van der Waals surface area contributed by atoms with E-state index in [1.807, 2.05) is 13.8 Å². The second-order valence-electron chi connectivity index (χ2n) is 5.60. The Kier molecular flexibility index (Phi) is 6.80. The standard InChI is InChI=1S/C17H21F3N6O/c1-3-21-14-10-11(2)24-15(26-14)22-8-9-23-16(27)25-13-7-5-4-6-12(13)17(18,19)20/h4-7,10H,3,8-9H2,1-2H3,(H2,23,25,27)(H2,21,22,24,26). The molecule has 0 aliphatic carbocycles. The third kappa shape index (κ3) is 6.32. The number of hydrogen-bond donors (Lipinski definition) is 4. The van der Waals surface area contributed by atoms with Crippen molar-refractivity contribution in [3.63, 3.8) is 0 Å². The molecule has 0 unspecified atom stereocenters. The molecule has 0 bridgehead atoms. The summed E-state index contributed by atoms with van der Waals surface area (Å²) in [6.45, 7) is 4.98. The number of aromatic nitrogens is 2. The Hall–Kier alpha value is -3.04. The number of alkyl halides is 3. The number of carbonyl (C=O) groups is 1. The number of nitrogens with one attached hydrogen (secondary N) is 4. The first-order valence-electron chi connectivity index (χ1n) is 8.34. The van der Waals surface area contributed by atoms with Crippen molar-refractivity contribution in [2.75, 3.05) is 35.6 Å². The van der Waals surface area contributed by atoms with Crippen LogP contribution in [0.15, 0.2) is 30.3 Å². The largest absolute Gasteiger partial charge is 0.418 e. The van der Waals surface area contributed by atoms with Crippen LogP contribution in [0.4, 0.5) is 35.4 Å². The maximum atomic E-state index is 12.9. The highest BCUT2D eigenvalue weighted by atomic mass is 19.4. The summed E-state index contributed by atoms with van der Waals surface area (Å²) in [7, 11) is 0. The predicted molar refractivity (Wildman–Crippen MR) is 97.9 cm³/mol. The molecule has 2 amide bonds. The lowest BCUT2D eigenvalue weighted by molar-refractivity contribution is -0.136. The van der Waals surface area contributed by atoms with E-state index in [1.54, 1.807) is 6.07 Å². The van der Waals surface area contributed by atoms with Crippen LogP contribution in [0.25, 0.3) is 0 Å². The van der Waals surface area contributed by atoms with Crippen LogP contribution in [0.2, 0.25) is 0 Å². The molecule has 1 aromatic carbocycles. The van der Waals surface area contributed by atoms with Crippen LogP contribution in [-0.2, 0) is 6.18 Å². The van der Waals surface area contributed by atoms with Gasteiger partial charge in [0.05, 0.1) is 11.3 Å². The van der Waals surface area contributed by atoms with Crippen LogP contribution in [0.3, 0.4) is 0 Å². The smallest absolute Gasteiger partial charge is 0.370 e. The number of para-hydroxylation sites is 1. The van der Waals surface area contributed by atoms with Crippen molar-refractivity contribution in [2.24, 2.45) is 0 Å². The summed E-state index contributed by atoms with van der Waals surface area (Å²) >= 11 is 0. The number of aryl methyl sites for hydroxylation is 1. The third-order valence-electron chi connectivity index (χ3n) is 3.39. The van der Waals surface area contributed by atoms with Crippen molar-refractivity contribution >= 4 is 23.5 Å².